The van der Waals surface area contributed by atoms with Crippen LogP contribution in [0, 0.1) is 18.8 Å². The van der Waals surface area contributed by atoms with Crippen LogP contribution in [0.2, 0.25) is 0 Å². The maximum atomic E-state index is 12.5. The fourth-order valence-corrected chi connectivity index (χ4v) is 2.47. The lowest BCUT2D eigenvalue weighted by Gasteiger charge is -2.06. The Bertz CT molecular complexity index is 1060. The van der Waals surface area contributed by atoms with Gasteiger partial charge in [-0.25, -0.2) is 0 Å². The second-order valence-electron chi connectivity index (χ2n) is 6.33. The second kappa shape index (κ2) is 8.61. The van der Waals surface area contributed by atoms with Crippen molar-refractivity contribution in [1.82, 2.24) is 14.8 Å². The van der Waals surface area contributed by atoms with Crippen molar-refractivity contribution in [3.63, 3.8) is 0 Å². The van der Waals surface area contributed by atoms with Crippen LogP contribution in [0.25, 0.3) is 0 Å². The number of rotatable bonds is 4. The Balaban J connectivity index is 1.70. The molecule has 2 heterocycles. The molecule has 0 aliphatic rings. The van der Waals surface area contributed by atoms with Gasteiger partial charge in [-0.3, -0.25) is 14.5 Å². The van der Waals surface area contributed by atoms with E-state index in [1.165, 1.54) is 12.4 Å². The number of carbonyl (C=O) groups excluding carboxylic acids is 1. The first-order valence-electron chi connectivity index (χ1n) is 8.73. The summed E-state index contributed by atoms with van der Waals surface area (Å²) in [6.07, 6.45) is 0.734. The largest absolute Gasteiger partial charge is 0.390 e. The fourth-order valence-electron chi connectivity index (χ4n) is 2.47. The Kier molecular flexibility index (Phi) is 5.98. The van der Waals surface area contributed by atoms with E-state index in [4.69, 9.17) is 0 Å². The lowest BCUT2D eigenvalue weighted by molar-refractivity contribution is -0.137. The molecule has 148 valence electrons. The smallest absolute Gasteiger partial charge is 0.319 e. The van der Waals surface area contributed by atoms with Gasteiger partial charge in [0.2, 0.25) is 0 Å². The number of benzene rings is 1. The summed E-state index contributed by atoms with van der Waals surface area (Å²) >= 11 is 0. The van der Waals surface area contributed by atoms with Gasteiger partial charge in [0.05, 0.1) is 18.3 Å². The maximum Gasteiger partial charge on any atom is 0.390 e. The van der Waals surface area contributed by atoms with Crippen molar-refractivity contribution in [2.75, 3.05) is 5.32 Å². The molecule has 0 saturated heterocycles. The zero-order valence-electron chi connectivity index (χ0n) is 15.5. The third-order valence-corrected chi connectivity index (χ3v) is 4.02. The fraction of sp³-hybridized carbons (Fsp3) is 0.190. The molecular formula is C21H17F3N4O. The summed E-state index contributed by atoms with van der Waals surface area (Å²) < 4.78 is 38.0. The van der Waals surface area contributed by atoms with Gasteiger partial charge in [0, 0.05) is 41.8 Å². The van der Waals surface area contributed by atoms with Crippen LogP contribution in [0.4, 0.5) is 18.9 Å². The average molecular weight is 398 g/mol. The molecule has 1 N–H and O–H groups in total. The van der Waals surface area contributed by atoms with E-state index in [-0.39, 0.29) is 6.54 Å². The number of hydrogen-bond donors (Lipinski definition) is 1. The Morgan fingerprint density at radius 3 is 2.76 bits per heavy atom. The van der Waals surface area contributed by atoms with E-state index in [2.05, 4.69) is 27.2 Å². The van der Waals surface area contributed by atoms with Crippen molar-refractivity contribution in [1.29, 1.82) is 0 Å². The number of amides is 1. The summed E-state index contributed by atoms with van der Waals surface area (Å²) in [5.74, 6) is 5.63. The standard InChI is InChI=1S/C21H17F3N4O/c1-15-4-6-18(11-17(15)7-5-16-3-2-9-25-12-16)20(29)27-19-13-26-28(14-19)10-8-21(22,23)24/h2-4,6,9,11-14H,8,10H2,1H3,(H,27,29). The number of halogens is 3. The number of pyridine rings is 1. The van der Waals surface area contributed by atoms with Crippen molar-refractivity contribution < 1.29 is 18.0 Å². The summed E-state index contributed by atoms with van der Waals surface area (Å²) in [5, 5.41) is 6.47. The Morgan fingerprint density at radius 1 is 1.21 bits per heavy atom. The van der Waals surface area contributed by atoms with Gasteiger partial charge >= 0.3 is 6.18 Å². The zero-order valence-corrected chi connectivity index (χ0v) is 15.5. The minimum absolute atomic E-state index is 0.308. The van der Waals surface area contributed by atoms with Gasteiger partial charge in [-0.2, -0.15) is 18.3 Å². The molecule has 0 radical (unpaired) electrons. The van der Waals surface area contributed by atoms with Crippen LogP contribution in [-0.2, 0) is 6.54 Å². The van der Waals surface area contributed by atoms with Gasteiger partial charge in [-0.15, -0.1) is 0 Å². The summed E-state index contributed by atoms with van der Waals surface area (Å²) in [4.78, 5) is 16.5. The molecule has 0 saturated carbocycles. The lowest BCUT2D eigenvalue weighted by Crippen LogP contribution is -2.13. The Hall–Kier alpha value is -3.60. The first-order valence-corrected chi connectivity index (χ1v) is 8.73. The Morgan fingerprint density at radius 2 is 2.03 bits per heavy atom. The molecule has 3 aromatic rings. The molecule has 0 fully saturated rings. The predicted octanol–water partition coefficient (Wildman–Crippen LogP) is 4.19. The molecule has 0 aliphatic carbocycles. The molecule has 0 bridgehead atoms. The molecule has 5 nitrogen and oxygen atoms in total. The number of aromatic nitrogens is 3. The van der Waals surface area contributed by atoms with Crippen LogP contribution in [0.1, 0.15) is 33.5 Å². The van der Waals surface area contributed by atoms with E-state index in [0.29, 0.717) is 16.8 Å². The summed E-state index contributed by atoms with van der Waals surface area (Å²) in [5.41, 5.74) is 3.07. The number of carbonyl (C=O) groups is 1. The molecule has 1 aromatic carbocycles. The van der Waals surface area contributed by atoms with E-state index in [0.717, 1.165) is 15.8 Å². The van der Waals surface area contributed by atoms with E-state index in [1.807, 2.05) is 13.0 Å². The van der Waals surface area contributed by atoms with Crippen LogP contribution >= 0.6 is 0 Å². The molecule has 2 aromatic heterocycles. The number of nitrogens with one attached hydrogen (secondary N) is 1. The summed E-state index contributed by atoms with van der Waals surface area (Å²) in [7, 11) is 0. The summed E-state index contributed by atoms with van der Waals surface area (Å²) in [6, 6.07) is 8.74. The van der Waals surface area contributed by atoms with Crippen LogP contribution < -0.4 is 5.32 Å². The topological polar surface area (TPSA) is 59.8 Å². The van der Waals surface area contributed by atoms with Crippen molar-refractivity contribution in [3.05, 3.63) is 77.4 Å². The molecule has 8 heteroatoms. The Labute approximate surface area is 165 Å². The van der Waals surface area contributed by atoms with E-state index in [9.17, 15) is 18.0 Å². The third kappa shape index (κ3) is 5.94. The maximum absolute atomic E-state index is 12.5. The van der Waals surface area contributed by atoms with Crippen LogP contribution in [0.3, 0.4) is 0 Å². The third-order valence-electron chi connectivity index (χ3n) is 4.02. The molecule has 0 spiro atoms. The zero-order chi connectivity index (χ0) is 20.9. The first-order chi connectivity index (χ1) is 13.8. The van der Waals surface area contributed by atoms with Gasteiger partial charge in [0.25, 0.3) is 5.91 Å². The second-order valence-corrected chi connectivity index (χ2v) is 6.33. The van der Waals surface area contributed by atoms with Gasteiger partial charge < -0.3 is 5.32 Å². The highest BCUT2D eigenvalue weighted by atomic mass is 19.4. The SMILES string of the molecule is Cc1ccc(C(=O)Nc2cnn(CCC(F)(F)F)c2)cc1C#Cc1cccnc1. The lowest BCUT2D eigenvalue weighted by atomic mass is 10.0. The van der Waals surface area contributed by atoms with Gasteiger partial charge in [0.1, 0.15) is 0 Å². The van der Waals surface area contributed by atoms with Crippen molar-refractivity contribution >= 4 is 11.6 Å². The monoisotopic (exact) mass is 398 g/mol. The van der Waals surface area contributed by atoms with E-state index < -0.39 is 18.5 Å². The van der Waals surface area contributed by atoms with Gasteiger partial charge in [-0.1, -0.05) is 17.9 Å². The number of hydrogen-bond acceptors (Lipinski definition) is 3. The van der Waals surface area contributed by atoms with Gasteiger partial charge in [0.15, 0.2) is 0 Å². The van der Waals surface area contributed by atoms with Crippen molar-refractivity contribution in [3.8, 4) is 11.8 Å². The quantitative estimate of drug-likeness (QED) is 0.671. The molecule has 0 aliphatic heterocycles. The van der Waals surface area contributed by atoms with Crippen LogP contribution in [-0.4, -0.2) is 26.8 Å². The molecular weight excluding hydrogens is 381 g/mol. The number of nitrogens with zero attached hydrogens (tertiary/aromatic N) is 3. The van der Waals surface area contributed by atoms with E-state index >= 15 is 0 Å². The van der Waals surface area contributed by atoms with Gasteiger partial charge in [-0.05, 0) is 36.8 Å². The highest BCUT2D eigenvalue weighted by molar-refractivity contribution is 6.04. The minimum Gasteiger partial charge on any atom is -0.319 e. The molecule has 1 amide bonds. The normalized spacial score (nSPS) is 10.9. The highest BCUT2D eigenvalue weighted by Crippen LogP contribution is 2.20. The molecule has 29 heavy (non-hydrogen) atoms. The van der Waals surface area contributed by atoms with Crippen molar-refractivity contribution in [2.45, 2.75) is 26.1 Å². The van der Waals surface area contributed by atoms with Crippen molar-refractivity contribution in [2.24, 2.45) is 0 Å². The highest BCUT2D eigenvalue weighted by Gasteiger charge is 2.26. The van der Waals surface area contributed by atoms with Crippen LogP contribution in [0.15, 0.2) is 55.1 Å². The summed E-state index contributed by atoms with van der Waals surface area (Å²) in [6.45, 7) is 1.58. The number of anilines is 1. The molecule has 0 unspecified atom stereocenters. The minimum atomic E-state index is -4.26. The first kappa shape index (κ1) is 20.1. The average Bonchev–Trinajstić information content (AvgIpc) is 3.13. The predicted molar refractivity (Wildman–Crippen MR) is 102 cm³/mol. The molecule has 0 atom stereocenters. The number of alkyl halides is 3. The van der Waals surface area contributed by atoms with Crippen LogP contribution in [0.5, 0.6) is 0 Å². The van der Waals surface area contributed by atoms with E-state index in [1.54, 1.807) is 36.7 Å². The molecule has 3 rings (SSSR count). The number of aryl methyl sites for hydroxylation is 2.